The summed E-state index contributed by atoms with van der Waals surface area (Å²) < 4.78 is 4.72. The molecular formula is C15H14N2O3. The van der Waals surface area contributed by atoms with E-state index in [-0.39, 0.29) is 12.2 Å². The molecule has 0 unspecified atom stereocenters. The maximum atomic E-state index is 12.0. The monoisotopic (exact) mass is 270 g/mol. The van der Waals surface area contributed by atoms with Crippen molar-refractivity contribution in [1.29, 1.82) is 0 Å². The average molecular weight is 270 g/mol. The van der Waals surface area contributed by atoms with E-state index in [1.165, 1.54) is 6.20 Å². The van der Waals surface area contributed by atoms with E-state index in [9.17, 15) is 9.59 Å². The fourth-order valence-corrected chi connectivity index (χ4v) is 1.67. The van der Waals surface area contributed by atoms with E-state index in [2.05, 4.69) is 10.3 Å². The quantitative estimate of drug-likeness (QED) is 0.514. The molecule has 0 aliphatic heterocycles. The number of pyridine rings is 1. The van der Waals surface area contributed by atoms with Gasteiger partial charge in [-0.2, -0.15) is 0 Å². The molecule has 0 fully saturated rings. The number of carbonyl (C=O) groups is 2. The summed E-state index contributed by atoms with van der Waals surface area (Å²) in [6.07, 6.45) is 2.90. The predicted molar refractivity (Wildman–Crippen MR) is 74.9 cm³/mol. The van der Waals surface area contributed by atoms with Crippen molar-refractivity contribution in [2.24, 2.45) is 0 Å². The molecule has 1 heterocycles. The van der Waals surface area contributed by atoms with Crippen molar-refractivity contribution in [1.82, 2.24) is 4.98 Å². The first-order chi connectivity index (χ1) is 9.72. The number of anilines is 2. The number of para-hydroxylation sites is 1. The zero-order valence-electron chi connectivity index (χ0n) is 11.0. The number of ether oxygens (including phenoxy) is 1. The largest absolute Gasteiger partial charge is 0.460 e. The Kier molecular flexibility index (Phi) is 4.44. The van der Waals surface area contributed by atoms with Gasteiger partial charge in [0.2, 0.25) is 0 Å². The van der Waals surface area contributed by atoms with Crippen LogP contribution in [-0.4, -0.2) is 23.3 Å². The van der Waals surface area contributed by atoms with E-state index >= 15 is 0 Å². The summed E-state index contributed by atoms with van der Waals surface area (Å²) in [5.74, 6) is -1.59. The van der Waals surface area contributed by atoms with E-state index in [0.29, 0.717) is 5.69 Å². The van der Waals surface area contributed by atoms with Gasteiger partial charge < -0.3 is 10.1 Å². The van der Waals surface area contributed by atoms with Gasteiger partial charge in [0, 0.05) is 18.1 Å². The van der Waals surface area contributed by atoms with Gasteiger partial charge in [0.05, 0.1) is 17.9 Å². The lowest BCUT2D eigenvalue weighted by Crippen LogP contribution is -2.18. The topological polar surface area (TPSA) is 68.3 Å². The van der Waals surface area contributed by atoms with Gasteiger partial charge in [-0.1, -0.05) is 18.2 Å². The van der Waals surface area contributed by atoms with Gasteiger partial charge in [-0.3, -0.25) is 9.78 Å². The summed E-state index contributed by atoms with van der Waals surface area (Å²) in [4.78, 5) is 27.4. The number of hydrogen-bond acceptors (Lipinski definition) is 5. The molecule has 1 aromatic heterocycles. The van der Waals surface area contributed by atoms with Crippen molar-refractivity contribution in [3.8, 4) is 0 Å². The van der Waals surface area contributed by atoms with Crippen LogP contribution in [0.25, 0.3) is 0 Å². The molecule has 2 aromatic rings. The maximum Gasteiger partial charge on any atom is 0.379 e. The molecule has 0 aliphatic rings. The van der Waals surface area contributed by atoms with Crippen LogP contribution >= 0.6 is 0 Å². The van der Waals surface area contributed by atoms with E-state index in [1.807, 2.05) is 30.3 Å². The Bertz CT molecular complexity index is 612. The fraction of sp³-hybridized carbons (Fsp3) is 0.133. The Morgan fingerprint density at radius 2 is 1.95 bits per heavy atom. The minimum Gasteiger partial charge on any atom is -0.460 e. The summed E-state index contributed by atoms with van der Waals surface area (Å²) in [5.41, 5.74) is 1.52. The van der Waals surface area contributed by atoms with Crippen LogP contribution in [-0.2, 0) is 9.53 Å². The second kappa shape index (κ2) is 6.47. The average Bonchev–Trinajstić information content (AvgIpc) is 2.48. The van der Waals surface area contributed by atoms with Crippen molar-refractivity contribution in [3.05, 3.63) is 54.4 Å². The smallest absolute Gasteiger partial charge is 0.379 e. The van der Waals surface area contributed by atoms with Crippen molar-refractivity contribution >= 4 is 23.1 Å². The van der Waals surface area contributed by atoms with E-state index in [4.69, 9.17) is 4.74 Å². The van der Waals surface area contributed by atoms with Gasteiger partial charge in [0.1, 0.15) is 0 Å². The Labute approximate surface area is 116 Å². The molecule has 0 aliphatic carbocycles. The lowest BCUT2D eigenvalue weighted by atomic mass is 10.1. The van der Waals surface area contributed by atoms with Crippen LogP contribution in [0.15, 0.2) is 48.8 Å². The van der Waals surface area contributed by atoms with Gasteiger partial charge >= 0.3 is 5.97 Å². The summed E-state index contributed by atoms with van der Waals surface area (Å²) in [6, 6.07) is 11.0. The predicted octanol–water partition coefficient (Wildman–Crippen LogP) is 2.57. The molecule has 5 heteroatoms. The summed E-state index contributed by atoms with van der Waals surface area (Å²) in [6.45, 7) is 1.81. The van der Waals surface area contributed by atoms with Crippen LogP contribution in [0.2, 0.25) is 0 Å². The van der Waals surface area contributed by atoms with E-state index in [0.717, 1.165) is 5.69 Å². The Morgan fingerprint density at radius 1 is 1.20 bits per heavy atom. The molecule has 1 N–H and O–H groups in total. The summed E-state index contributed by atoms with van der Waals surface area (Å²) in [7, 11) is 0. The molecule has 0 saturated heterocycles. The second-order valence-corrected chi connectivity index (χ2v) is 3.96. The molecule has 102 valence electrons. The number of hydrogen-bond donors (Lipinski definition) is 1. The number of nitrogens with one attached hydrogen (secondary N) is 1. The van der Waals surface area contributed by atoms with Crippen LogP contribution in [0.5, 0.6) is 0 Å². The molecule has 0 bridgehead atoms. The van der Waals surface area contributed by atoms with Gasteiger partial charge in [-0.25, -0.2) is 4.79 Å². The third kappa shape index (κ3) is 3.20. The zero-order chi connectivity index (χ0) is 14.4. The van der Waals surface area contributed by atoms with E-state index < -0.39 is 11.8 Å². The Balaban J connectivity index is 2.27. The number of nitrogens with zero attached hydrogens (tertiary/aromatic N) is 1. The van der Waals surface area contributed by atoms with E-state index in [1.54, 1.807) is 19.2 Å². The lowest BCUT2D eigenvalue weighted by Gasteiger charge is -2.10. The molecule has 5 nitrogen and oxygen atoms in total. The molecule has 0 spiro atoms. The van der Waals surface area contributed by atoms with Crippen LogP contribution in [0.3, 0.4) is 0 Å². The fourth-order valence-electron chi connectivity index (χ4n) is 1.67. The van der Waals surface area contributed by atoms with Crippen LogP contribution in [0.1, 0.15) is 17.3 Å². The second-order valence-electron chi connectivity index (χ2n) is 3.96. The maximum absolute atomic E-state index is 12.0. The van der Waals surface area contributed by atoms with Crippen LogP contribution in [0, 0.1) is 0 Å². The summed E-state index contributed by atoms with van der Waals surface area (Å²) >= 11 is 0. The van der Waals surface area contributed by atoms with Crippen LogP contribution in [0.4, 0.5) is 11.4 Å². The van der Waals surface area contributed by atoms with Crippen LogP contribution < -0.4 is 5.32 Å². The third-order valence-electron chi connectivity index (χ3n) is 2.58. The number of benzene rings is 1. The molecule has 0 atom stereocenters. The first-order valence-electron chi connectivity index (χ1n) is 6.20. The Hall–Kier alpha value is -2.69. The molecule has 2 rings (SSSR count). The first-order valence-corrected chi connectivity index (χ1v) is 6.20. The highest BCUT2D eigenvalue weighted by Crippen LogP contribution is 2.20. The lowest BCUT2D eigenvalue weighted by molar-refractivity contribution is -0.137. The number of aromatic nitrogens is 1. The number of carbonyl (C=O) groups excluding carboxylic acids is 2. The standard InChI is InChI=1S/C15H14N2O3/c1-2-20-15(19)14(18)12-10-16-9-8-13(12)17-11-6-4-3-5-7-11/h3-10H,2H2,1H3,(H,16,17). The minimum absolute atomic E-state index is 0.159. The first kappa shape index (κ1) is 13.7. The number of esters is 1. The summed E-state index contributed by atoms with van der Waals surface area (Å²) in [5, 5.41) is 3.08. The Morgan fingerprint density at radius 3 is 2.65 bits per heavy atom. The molecule has 20 heavy (non-hydrogen) atoms. The van der Waals surface area contributed by atoms with Gasteiger partial charge in [0.25, 0.3) is 5.78 Å². The van der Waals surface area contributed by atoms with Gasteiger partial charge in [-0.15, -0.1) is 0 Å². The van der Waals surface area contributed by atoms with Crippen molar-refractivity contribution in [2.45, 2.75) is 6.92 Å². The number of Topliss-reactive ketones (excluding diaryl/α,β-unsaturated/α-hetero) is 1. The van der Waals surface area contributed by atoms with Gasteiger partial charge in [0.15, 0.2) is 0 Å². The molecular weight excluding hydrogens is 256 g/mol. The molecule has 0 radical (unpaired) electrons. The molecule has 0 saturated carbocycles. The number of rotatable bonds is 5. The SMILES string of the molecule is CCOC(=O)C(=O)c1cnccc1Nc1ccccc1. The minimum atomic E-state index is -0.878. The van der Waals surface area contributed by atoms with Crippen molar-refractivity contribution in [2.75, 3.05) is 11.9 Å². The van der Waals surface area contributed by atoms with Crippen molar-refractivity contribution in [3.63, 3.8) is 0 Å². The molecule has 1 aromatic carbocycles. The highest BCUT2D eigenvalue weighted by Gasteiger charge is 2.21. The normalized spacial score (nSPS) is 9.85. The molecule has 0 amide bonds. The third-order valence-corrected chi connectivity index (χ3v) is 2.58. The highest BCUT2D eigenvalue weighted by molar-refractivity contribution is 6.41. The van der Waals surface area contributed by atoms with Crippen molar-refractivity contribution < 1.29 is 14.3 Å². The highest BCUT2D eigenvalue weighted by atomic mass is 16.5. The zero-order valence-corrected chi connectivity index (χ0v) is 11.0. The number of ketones is 1. The van der Waals surface area contributed by atoms with Gasteiger partial charge in [-0.05, 0) is 25.1 Å².